The SMILES string of the molecule is CCNC(=O)c1ccc2nn(-c3cc(CCO)cc(C(C)C)c3O)nc2c1. The van der Waals surface area contributed by atoms with Crippen molar-refractivity contribution in [2.45, 2.75) is 33.1 Å². The third kappa shape index (κ3) is 3.78. The van der Waals surface area contributed by atoms with Crippen LogP contribution >= 0.6 is 0 Å². The third-order valence-corrected chi connectivity index (χ3v) is 4.40. The van der Waals surface area contributed by atoms with Gasteiger partial charge in [0.1, 0.15) is 22.5 Å². The number of aromatic nitrogens is 3. The Balaban J connectivity index is 2.10. The van der Waals surface area contributed by atoms with E-state index < -0.39 is 0 Å². The minimum atomic E-state index is -0.163. The van der Waals surface area contributed by atoms with E-state index in [0.29, 0.717) is 35.2 Å². The van der Waals surface area contributed by atoms with Crippen LogP contribution in [0.5, 0.6) is 5.75 Å². The number of nitrogens with zero attached hydrogens (tertiary/aromatic N) is 3. The number of nitrogens with one attached hydrogen (secondary N) is 1. The van der Waals surface area contributed by atoms with Crippen LogP contribution in [0.3, 0.4) is 0 Å². The average Bonchev–Trinajstić information content (AvgIpc) is 3.06. The van der Waals surface area contributed by atoms with Gasteiger partial charge in [-0.05, 0) is 54.7 Å². The quantitative estimate of drug-likeness (QED) is 0.621. The van der Waals surface area contributed by atoms with E-state index in [9.17, 15) is 15.0 Å². The van der Waals surface area contributed by atoms with Crippen molar-refractivity contribution in [2.24, 2.45) is 0 Å². The second-order valence-corrected chi connectivity index (χ2v) is 6.73. The molecule has 1 heterocycles. The normalized spacial score (nSPS) is 11.3. The molecule has 0 aliphatic heterocycles. The van der Waals surface area contributed by atoms with Crippen LogP contribution < -0.4 is 5.32 Å². The molecule has 2 aromatic carbocycles. The third-order valence-electron chi connectivity index (χ3n) is 4.40. The van der Waals surface area contributed by atoms with E-state index in [1.165, 1.54) is 4.80 Å². The zero-order chi connectivity index (χ0) is 19.6. The van der Waals surface area contributed by atoms with Crippen LogP contribution in [-0.2, 0) is 6.42 Å². The fourth-order valence-corrected chi connectivity index (χ4v) is 2.99. The molecule has 27 heavy (non-hydrogen) atoms. The molecule has 0 unspecified atom stereocenters. The first-order chi connectivity index (χ1) is 12.9. The fraction of sp³-hybridized carbons (Fsp3) is 0.350. The average molecular weight is 368 g/mol. The first-order valence-corrected chi connectivity index (χ1v) is 9.07. The number of benzene rings is 2. The lowest BCUT2D eigenvalue weighted by atomic mass is 9.97. The monoisotopic (exact) mass is 368 g/mol. The smallest absolute Gasteiger partial charge is 0.251 e. The minimum absolute atomic E-state index is 0.0200. The van der Waals surface area contributed by atoms with Gasteiger partial charge in [-0.25, -0.2) is 0 Å². The highest BCUT2D eigenvalue weighted by atomic mass is 16.3. The summed E-state index contributed by atoms with van der Waals surface area (Å²) < 4.78 is 0. The number of amides is 1. The van der Waals surface area contributed by atoms with Gasteiger partial charge in [0.05, 0.1) is 0 Å². The van der Waals surface area contributed by atoms with Crippen LogP contribution in [0, 0.1) is 0 Å². The van der Waals surface area contributed by atoms with E-state index in [0.717, 1.165) is 11.1 Å². The van der Waals surface area contributed by atoms with Gasteiger partial charge in [-0.3, -0.25) is 4.79 Å². The topological polar surface area (TPSA) is 100 Å². The van der Waals surface area contributed by atoms with E-state index in [1.54, 1.807) is 24.3 Å². The molecule has 3 aromatic rings. The largest absolute Gasteiger partial charge is 0.505 e. The molecule has 0 atom stereocenters. The standard InChI is InChI=1S/C20H24N4O3/c1-4-21-20(27)14-5-6-16-17(11-14)23-24(22-16)18-10-13(7-8-25)9-15(12(2)3)19(18)26/h5-6,9-12,25-26H,4,7-8H2,1-3H3,(H,21,27). The van der Waals surface area contributed by atoms with Crippen molar-refractivity contribution in [1.29, 1.82) is 0 Å². The molecule has 7 nitrogen and oxygen atoms in total. The van der Waals surface area contributed by atoms with E-state index in [2.05, 4.69) is 15.5 Å². The van der Waals surface area contributed by atoms with E-state index in [-0.39, 0.29) is 24.2 Å². The van der Waals surface area contributed by atoms with Gasteiger partial charge < -0.3 is 15.5 Å². The Hall–Kier alpha value is -2.93. The molecule has 142 valence electrons. The van der Waals surface area contributed by atoms with Gasteiger partial charge in [-0.2, -0.15) is 0 Å². The zero-order valence-corrected chi connectivity index (χ0v) is 15.7. The number of rotatable bonds is 6. The van der Waals surface area contributed by atoms with Gasteiger partial charge in [0, 0.05) is 18.7 Å². The van der Waals surface area contributed by atoms with Gasteiger partial charge in [-0.1, -0.05) is 19.9 Å². The van der Waals surface area contributed by atoms with Crippen molar-refractivity contribution in [3.05, 3.63) is 47.0 Å². The molecule has 0 radical (unpaired) electrons. The lowest BCUT2D eigenvalue weighted by molar-refractivity contribution is 0.0956. The number of hydrogen-bond donors (Lipinski definition) is 3. The maximum atomic E-state index is 12.0. The molecule has 1 aromatic heterocycles. The number of aliphatic hydroxyl groups excluding tert-OH is 1. The molecule has 3 N–H and O–H groups in total. The maximum absolute atomic E-state index is 12.0. The van der Waals surface area contributed by atoms with Crippen LogP contribution in [0.1, 0.15) is 48.2 Å². The first-order valence-electron chi connectivity index (χ1n) is 9.07. The summed E-state index contributed by atoms with van der Waals surface area (Å²) in [5.74, 6) is 0.0662. The number of phenols is 1. The van der Waals surface area contributed by atoms with Gasteiger partial charge in [0.15, 0.2) is 0 Å². The second kappa shape index (κ2) is 7.75. The lowest BCUT2D eigenvalue weighted by Crippen LogP contribution is -2.22. The predicted octanol–water partition coefficient (Wildman–Crippen LogP) is 2.53. The molecule has 3 rings (SSSR count). The highest BCUT2D eigenvalue weighted by Crippen LogP contribution is 2.33. The van der Waals surface area contributed by atoms with Crippen molar-refractivity contribution < 1.29 is 15.0 Å². The van der Waals surface area contributed by atoms with Gasteiger partial charge >= 0.3 is 0 Å². The Morgan fingerprint density at radius 3 is 2.59 bits per heavy atom. The number of carbonyl (C=O) groups is 1. The Kier molecular flexibility index (Phi) is 5.41. The number of fused-ring (bicyclic) bond motifs is 1. The molecular weight excluding hydrogens is 344 g/mol. The van der Waals surface area contributed by atoms with Crippen molar-refractivity contribution in [1.82, 2.24) is 20.3 Å². The minimum Gasteiger partial charge on any atom is -0.505 e. The number of phenolic OH excluding ortho intramolecular Hbond substituents is 1. The van der Waals surface area contributed by atoms with Crippen molar-refractivity contribution in [2.75, 3.05) is 13.2 Å². The van der Waals surface area contributed by atoms with Crippen LogP contribution in [0.25, 0.3) is 16.7 Å². The summed E-state index contributed by atoms with van der Waals surface area (Å²) in [4.78, 5) is 13.4. The predicted molar refractivity (Wildman–Crippen MR) is 103 cm³/mol. The summed E-state index contributed by atoms with van der Waals surface area (Å²) in [6, 6.07) is 8.80. The van der Waals surface area contributed by atoms with E-state index >= 15 is 0 Å². The van der Waals surface area contributed by atoms with Crippen molar-refractivity contribution in [3.63, 3.8) is 0 Å². The van der Waals surface area contributed by atoms with Gasteiger partial charge in [0.25, 0.3) is 5.91 Å². The number of aliphatic hydroxyl groups is 1. The first kappa shape index (κ1) is 18.8. The molecule has 0 bridgehead atoms. The molecule has 1 amide bonds. The van der Waals surface area contributed by atoms with Gasteiger partial charge in [0.2, 0.25) is 0 Å². The molecule has 0 saturated carbocycles. The van der Waals surface area contributed by atoms with E-state index in [1.807, 2.05) is 26.8 Å². The molecule has 0 saturated heterocycles. The molecule has 0 aliphatic carbocycles. The Morgan fingerprint density at radius 2 is 1.93 bits per heavy atom. The highest BCUT2D eigenvalue weighted by Gasteiger charge is 2.17. The van der Waals surface area contributed by atoms with E-state index in [4.69, 9.17) is 0 Å². The maximum Gasteiger partial charge on any atom is 0.251 e. The summed E-state index contributed by atoms with van der Waals surface area (Å²) in [7, 11) is 0. The summed E-state index contributed by atoms with van der Waals surface area (Å²) in [5.41, 5.74) is 3.84. The molecule has 0 spiro atoms. The van der Waals surface area contributed by atoms with Crippen molar-refractivity contribution >= 4 is 16.9 Å². The molecule has 7 heteroatoms. The van der Waals surface area contributed by atoms with Crippen molar-refractivity contribution in [3.8, 4) is 11.4 Å². The molecule has 0 fully saturated rings. The Morgan fingerprint density at radius 1 is 1.19 bits per heavy atom. The number of hydrogen-bond acceptors (Lipinski definition) is 5. The van der Waals surface area contributed by atoms with Gasteiger partial charge in [-0.15, -0.1) is 15.0 Å². The summed E-state index contributed by atoms with van der Waals surface area (Å²) in [6.45, 7) is 6.42. The lowest BCUT2D eigenvalue weighted by Gasteiger charge is -2.14. The summed E-state index contributed by atoms with van der Waals surface area (Å²) in [6.07, 6.45) is 0.481. The second-order valence-electron chi connectivity index (χ2n) is 6.73. The van der Waals surface area contributed by atoms with Crippen LogP contribution in [0.2, 0.25) is 0 Å². The van der Waals surface area contributed by atoms with Crippen LogP contribution in [0.4, 0.5) is 0 Å². The van der Waals surface area contributed by atoms with Crippen LogP contribution in [-0.4, -0.2) is 44.3 Å². The summed E-state index contributed by atoms with van der Waals surface area (Å²) >= 11 is 0. The zero-order valence-electron chi connectivity index (χ0n) is 15.7. The Bertz CT molecular complexity index is 979. The fourth-order valence-electron chi connectivity index (χ4n) is 2.99. The highest BCUT2D eigenvalue weighted by molar-refractivity contribution is 5.97. The molecular formula is C20H24N4O3. The Labute approximate surface area is 157 Å². The van der Waals surface area contributed by atoms with Crippen LogP contribution in [0.15, 0.2) is 30.3 Å². The number of carbonyl (C=O) groups excluding carboxylic acids is 1. The number of aromatic hydroxyl groups is 1. The summed E-state index contributed by atoms with van der Waals surface area (Å²) in [5, 5.41) is 31.7. The molecule has 0 aliphatic rings.